The van der Waals surface area contributed by atoms with E-state index in [0.29, 0.717) is 6.42 Å². The highest BCUT2D eigenvalue weighted by Crippen LogP contribution is 2.07. The van der Waals surface area contributed by atoms with Crippen molar-refractivity contribution in [3.8, 4) is 0 Å². The van der Waals surface area contributed by atoms with E-state index in [1.165, 1.54) is 19.2 Å². The number of ether oxygens (including phenoxy) is 1. The fourth-order valence-corrected chi connectivity index (χ4v) is 1.34. The van der Waals surface area contributed by atoms with Crippen LogP contribution in [0.3, 0.4) is 0 Å². The van der Waals surface area contributed by atoms with Gasteiger partial charge in [-0.3, -0.25) is 4.79 Å². The number of carbonyl (C=O) groups is 1. The van der Waals surface area contributed by atoms with E-state index in [1.54, 1.807) is 12.1 Å². The smallest absolute Gasteiger partial charge is 0.307 e. The standard InChI is InChI=1S/C11H14FNO2/c1-15-11(14)7-10(13)6-8-3-2-4-9(12)5-8/h2-5,10H,6-7,13H2,1H3. The Morgan fingerprint density at radius 1 is 1.60 bits per heavy atom. The number of benzene rings is 1. The van der Waals surface area contributed by atoms with Crippen LogP contribution in [-0.4, -0.2) is 19.1 Å². The van der Waals surface area contributed by atoms with Crippen LogP contribution in [0, 0.1) is 5.82 Å². The molecule has 0 heterocycles. The number of nitrogens with two attached hydrogens (primary N) is 1. The zero-order valence-electron chi connectivity index (χ0n) is 8.57. The molecule has 82 valence electrons. The molecule has 1 atom stereocenters. The lowest BCUT2D eigenvalue weighted by Crippen LogP contribution is -2.26. The summed E-state index contributed by atoms with van der Waals surface area (Å²) in [4.78, 5) is 10.9. The molecule has 1 unspecified atom stereocenters. The van der Waals surface area contributed by atoms with Crippen LogP contribution in [0.5, 0.6) is 0 Å². The van der Waals surface area contributed by atoms with Crippen molar-refractivity contribution in [1.29, 1.82) is 0 Å². The molecule has 0 amide bonds. The molecule has 1 rings (SSSR count). The summed E-state index contributed by atoms with van der Waals surface area (Å²) in [5.74, 6) is -0.642. The SMILES string of the molecule is COC(=O)CC(N)Cc1cccc(F)c1. The first-order chi connectivity index (χ1) is 7.11. The average Bonchev–Trinajstić information content (AvgIpc) is 2.17. The third-order valence-corrected chi connectivity index (χ3v) is 2.04. The van der Waals surface area contributed by atoms with Gasteiger partial charge in [0.15, 0.2) is 0 Å². The Bertz CT molecular complexity index is 341. The summed E-state index contributed by atoms with van der Waals surface area (Å²) in [7, 11) is 1.32. The highest BCUT2D eigenvalue weighted by molar-refractivity contribution is 5.69. The van der Waals surface area contributed by atoms with Crippen LogP contribution in [0.4, 0.5) is 4.39 Å². The molecule has 1 aromatic carbocycles. The molecule has 0 fully saturated rings. The number of rotatable bonds is 4. The number of hydrogen-bond donors (Lipinski definition) is 1. The van der Waals surface area contributed by atoms with Gasteiger partial charge in [0.2, 0.25) is 0 Å². The van der Waals surface area contributed by atoms with Crippen LogP contribution in [0.15, 0.2) is 24.3 Å². The minimum absolute atomic E-state index is 0.146. The van der Waals surface area contributed by atoms with Crippen molar-refractivity contribution in [3.05, 3.63) is 35.6 Å². The van der Waals surface area contributed by atoms with Gasteiger partial charge in [-0.15, -0.1) is 0 Å². The Labute approximate surface area is 88.0 Å². The van der Waals surface area contributed by atoms with Gasteiger partial charge in [0.05, 0.1) is 13.5 Å². The first-order valence-electron chi connectivity index (χ1n) is 4.68. The summed E-state index contributed by atoms with van der Waals surface area (Å²) in [5.41, 5.74) is 6.49. The summed E-state index contributed by atoms with van der Waals surface area (Å²) < 4.78 is 17.3. The highest BCUT2D eigenvalue weighted by atomic mass is 19.1. The second kappa shape index (κ2) is 5.46. The first-order valence-corrected chi connectivity index (χ1v) is 4.68. The second-order valence-electron chi connectivity index (χ2n) is 3.37. The Kier molecular flexibility index (Phi) is 4.24. The Morgan fingerprint density at radius 3 is 2.93 bits per heavy atom. The Balaban J connectivity index is 2.51. The summed E-state index contributed by atoms with van der Waals surface area (Å²) in [6.07, 6.45) is 0.611. The summed E-state index contributed by atoms with van der Waals surface area (Å²) in [5, 5.41) is 0. The van der Waals surface area contributed by atoms with E-state index in [-0.39, 0.29) is 24.2 Å². The van der Waals surface area contributed by atoms with E-state index in [1.807, 2.05) is 0 Å². The maximum absolute atomic E-state index is 12.8. The van der Waals surface area contributed by atoms with Crippen molar-refractivity contribution < 1.29 is 13.9 Å². The molecule has 0 aliphatic rings. The molecule has 0 bridgehead atoms. The van der Waals surface area contributed by atoms with Gasteiger partial charge in [-0.05, 0) is 24.1 Å². The van der Waals surface area contributed by atoms with Crippen LogP contribution in [0.1, 0.15) is 12.0 Å². The lowest BCUT2D eigenvalue weighted by atomic mass is 10.0. The van der Waals surface area contributed by atoms with E-state index in [2.05, 4.69) is 4.74 Å². The third kappa shape index (κ3) is 4.08. The minimum atomic E-state index is -0.348. The van der Waals surface area contributed by atoms with Crippen LogP contribution in [0.2, 0.25) is 0 Å². The summed E-state index contributed by atoms with van der Waals surface area (Å²) in [6.45, 7) is 0. The topological polar surface area (TPSA) is 52.3 Å². The molecular formula is C11H14FNO2. The van der Waals surface area contributed by atoms with Crippen molar-refractivity contribution in [1.82, 2.24) is 0 Å². The van der Waals surface area contributed by atoms with Crippen molar-refractivity contribution in [2.75, 3.05) is 7.11 Å². The highest BCUT2D eigenvalue weighted by Gasteiger charge is 2.10. The van der Waals surface area contributed by atoms with Crippen molar-refractivity contribution >= 4 is 5.97 Å². The van der Waals surface area contributed by atoms with Gasteiger partial charge in [0, 0.05) is 6.04 Å². The molecule has 15 heavy (non-hydrogen) atoms. The number of halogens is 1. The van der Waals surface area contributed by atoms with E-state index in [0.717, 1.165) is 5.56 Å². The lowest BCUT2D eigenvalue weighted by Gasteiger charge is -2.09. The molecule has 0 radical (unpaired) electrons. The fourth-order valence-electron chi connectivity index (χ4n) is 1.34. The predicted octanol–water partition coefficient (Wildman–Crippen LogP) is 1.26. The molecule has 0 saturated heterocycles. The van der Waals surface area contributed by atoms with E-state index in [4.69, 9.17) is 5.73 Å². The van der Waals surface area contributed by atoms with Gasteiger partial charge in [-0.25, -0.2) is 4.39 Å². The van der Waals surface area contributed by atoms with Crippen LogP contribution in [0.25, 0.3) is 0 Å². The van der Waals surface area contributed by atoms with Crippen molar-refractivity contribution in [2.24, 2.45) is 5.73 Å². The number of esters is 1. The van der Waals surface area contributed by atoms with Crippen molar-refractivity contribution in [2.45, 2.75) is 18.9 Å². The molecule has 2 N–H and O–H groups in total. The number of carbonyl (C=O) groups excluding carboxylic acids is 1. The largest absolute Gasteiger partial charge is 0.469 e. The number of methoxy groups -OCH3 is 1. The van der Waals surface area contributed by atoms with Gasteiger partial charge in [0.25, 0.3) is 0 Å². The van der Waals surface area contributed by atoms with Gasteiger partial charge < -0.3 is 10.5 Å². The van der Waals surface area contributed by atoms with Crippen LogP contribution < -0.4 is 5.73 Å². The molecule has 1 aromatic rings. The monoisotopic (exact) mass is 211 g/mol. The van der Waals surface area contributed by atoms with Gasteiger partial charge in [-0.2, -0.15) is 0 Å². The quantitative estimate of drug-likeness (QED) is 0.763. The maximum atomic E-state index is 12.8. The Morgan fingerprint density at radius 2 is 2.33 bits per heavy atom. The van der Waals surface area contributed by atoms with E-state index < -0.39 is 0 Å². The van der Waals surface area contributed by atoms with E-state index >= 15 is 0 Å². The maximum Gasteiger partial charge on any atom is 0.307 e. The molecule has 0 saturated carbocycles. The molecule has 0 aliphatic heterocycles. The molecule has 0 spiro atoms. The third-order valence-electron chi connectivity index (χ3n) is 2.04. The molecular weight excluding hydrogens is 197 g/mol. The second-order valence-corrected chi connectivity index (χ2v) is 3.37. The zero-order valence-corrected chi connectivity index (χ0v) is 8.57. The average molecular weight is 211 g/mol. The van der Waals surface area contributed by atoms with Gasteiger partial charge >= 0.3 is 5.97 Å². The zero-order chi connectivity index (χ0) is 11.3. The Hall–Kier alpha value is -1.42. The van der Waals surface area contributed by atoms with Gasteiger partial charge in [0.1, 0.15) is 5.82 Å². The minimum Gasteiger partial charge on any atom is -0.469 e. The normalized spacial score (nSPS) is 12.2. The van der Waals surface area contributed by atoms with Crippen LogP contribution >= 0.6 is 0 Å². The molecule has 0 aliphatic carbocycles. The molecule has 0 aromatic heterocycles. The summed E-state index contributed by atoms with van der Waals surface area (Å²) in [6, 6.07) is 5.85. The van der Waals surface area contributed by atoms with Crippen LogP contribution in [-0.2, 0) is 16.0 Å². The molecule has 3 nitrogen and oxygen atoms in total. The molecule has 4 heteroatoms. The lowest BCUT2D eigenvalue weighted by molar-refractivity contribution is -0.140. The van der Waals surface area contributed by atoms with Crippen molar-refractivity contribution in [3.63, 3.8) is 0 Å². The van der Waals surface area contributed by atoms with Gasteiger partial charge in [-0.1, -0.05) is 12.1 Å². The predicted molar refractivity (Wildman–Crippen MR) is 54.7 cm³/mol. The summed E-state index contributed by atoms with van der Waals surface area (Å²) >= 11 is 0. The fraction of sp³-hybridized carbons (Fsp3) is 0.364. The first kappa shape index (κ1) is 11.7. The number of hydrogen-bond acceptors (Lipinski definition) is 3. The van der Waals surface area contributed by atoms with E-state index in [9.17, 15) is 9.18 Å².